The van der Waals surface area contributed by atoms with Crippen molar-refractivity contribution >= 4 is 0 Å². The van der Waals surface area contributed by atoms with E-state index in [0.717, 1.165) is 0 Å². The van der Waals surface area contributed by atoms with Gasteiger partial charge in [0.15, 0.2) is 0 Å². The van der Waals surface area contributed by atoms with Crippen LogP contribution in [-0.2, 0) is 9.47 Å². The van der Waals surface area contributed by atoms with Crippen molar-refractivity contribution in [3.63, 3.8) is 0 Å². The molecule has 2 nitrogen and oxygen atoms in total. The Bertz CT molecular complexity index is 226. The molecule has 1 saturated heterocycles. The highest BCUT2D eigenvalue weighted by molar-refractivity contribution is 5.22. The molecule has 10 heavy (non-hydrogen) atoms. The van der Waals surface area contributed by atoms with Crippen molar-refractivity contribution in [1.82, 2.24) is 0 Å². The summed E-state index contributed by atoms with van der Waals surface area (Å²) in [5.74, 6) is 2.86. The molecular weight excluding hydrogens is 128 g/mol. The molecule has 2 aliphatic heterocycles. The van der Waals surface area contributed by atoms with E-state index < -0.39 is 5.60 Å². The highest BCUT2D eigenvalue weighted by Gasteiger charge is 2.53. The molecule has 0 N–H and O–H groups in total. The topological polar surface area (TPSA) is 18.5 Å². The second-order valence-electron chi connectivity index (χ2n) is 2.73. The summed E-state index contributed by atoms with van der Waals surface area (Å²) >= 11 is 0. The lowest BCUT2D eigenvalue weighted by Crippen LogP contribution is -2.55. The number of ether oxygens (including phenoxy) is 2. The molecule has 0 unspecified atom stereocenters. The van der Waals surface area contributed by atoms with E-state index in [1.165, 1.54) is 0 Å². The minimum Gasteiger partial charge on any atom is -0.472 e. The molecule has 52 valence electrons. The molecule has 1 fully saturated rings. The van der Waals surface area contributed by atoms with E-state index in [1.54, 1.807) is 6.26 Å². The Kier molecular flexibility index (Phi) is 0.906. The highest BCUT2D eigenvalue weighted by Crippen LogP contribution is 2.43. The molecule has 0 aliphatic carbocycles. The zero-order valence-corrected chi connectivity index (χ0v) is 5.70. The van der Waals surface area contributed by atoms with Crippen molar-refractivity contribution in [3.8, 4) is 12.3 Å². The summed E-state index contributed by atoms with van der Waals surface area (Å²) in [7, 11) is 0. The summed E-state index contributed by atoms with van der Waals surface area (Å²) in [5.41, 5.74) is -0.419. The molecular formula is C8H8O2. The van der Waals surface area contributed by atoms with Gasteiger partial charge in [-0.25, -0.2) is 0 Å². The highest BCUT2D eigenvalue weighted by atomic mass is 16.7. The fourth-order valence-corrected chi connectivity index (χ4v) is 1.30. The van der Waals surface area contributed by atoms with Gasteiger partial charge in [0.2, 0.25) is 6.29 Å². The van der Waals surface area contributed by atoms with E-state index in [2.05, 4.69) is 5.92 Å². The lowest BCUT2D eigenvalue weighted by molar-refractivity contribution is -0.280. The number of terminal acetylenes is 1. The van der Waals surface area contributed by atoms with Gasteiger partial charge in [-0.05, 0) is 13.0 Å². The molecule has 2 rings (SSSR count). The quantitative estimate of drug-likeness (QED) is 0.460. The maximum absolute atomic E-state index is 5.28. The van der Waals surface area contributed by atoms with E-state index in [9.17, 15) is 0 Å². The first-order chi connectivity index (χ1) is 4.76. The molecule has 0 spiro atoms. The van der Waals surface area contributed by atoms with Crippen LogP contribution in [-0.4, -0.2) is 11.9 Å². The Morgan fingerprint density at radius 2 is 2.50 bits per heavy atom. The van der Waals surface area contributed by atoms with Crippen LogP contribution < -0.4 is 0 Å². The van der Waals surface area contributed by atoms with Gasteiger partial charge in [-0.1, -0.05) is 5.92 Å². The first-order valence-corrected chi connectivity index (χ1v) is 3.24. The first-order valence-electron chi connectivity index (χ1n) is 3.24. The Labute approximate surface area is 59.8 Å². The standard InChI is InChI=1S/C8H8O2/c1-3-8(2)6-4-5-9-7(6)10-8/h1,4-7H,2H3/t6-,7-,8-/m0/s1. The molecule has 0 amide bonds. The molecule has 0 aromatic heterocycles. The van der Waals surface area contributed by atoms with Crippen LogP contribution in [0.4, 0.5) is 0 Å². The maximum atomic E-state index is 5.28. The van der Waals surface area contributed by atoms with Crippen molar-refractivity contribution in [1.29, 1.82) is 0 Å². The first kappa shape index (κ1) is 5.82. The zero-order valence-electron chi connectivity index (χ0n) is 5.70. The van der Waals surface area contributed by atoms with Gasteiger partial charge in [-0.2, -0.15) is 0 Å². The average Bonchev–Trinajstić information content (AvgIpc) is 2.30. The molecule has 2 heterocycles. The Morgan fingerprint density at radius 1 is 1.70 bits per heavy atom. The summed E-state index contributed by atoms with van der Waals surface area (Å²) in [6.07, 6.45) is 8.75. The third-order valence-electron chi connectivity index (χ3n) is 2.08. The molecule has 0 aromatic rings. The SMILES string of the molecule is C#C[C@]1(C)O[C@@H]2OC=C[C@@H]21. The summed E-state index contributed by atoms with van der Waals surface area (Å²) in [5, 5.41) is 0. The smallest absolute Gasteiger partial charge is 0.210 e. The van der Waals surface area contributed by atoms with Crippen molar-refractivity contribution in [2.75, 3.05) is 0 Å². The van der Waals surface area contributed by atoms with Crippen LogP contribution in [0.2, 0.25) is 0 Å². The van der Waals surface area contributed by atoms with Gasteiger partial charge in [0, 0.05) is 0 Å². The molecule has 0 radical (unpaired) electrons. The van der Waals surface area contributed by atoms with E-state index >= 15 is 0 Å². The minimum atomic E-state index is -0.419. The summed E-state index contributed by atoms with van der Waals surface area (Å²) in [4.78, 5) is 0. The summed E-state index contributed by atoms with van der Waals surface area (Å²) < 4.78 is 10.3. The van der Waals surface area contributed by atoms with Crippen LogP contribution in [0.25, 0.3) is 0 Å². The van der Waals surface area contributed by atoms with E-state index in [1.807, 2.05) is 13.0 Å². The summed E-state index contributed by atoms with van der Waals surface area (Å²) in [6, 6.07) is 0. The fourth-order valence-electron chi connectivity index (χ4n) is 1.30. The molecule has 2 heteroatoms. The molecule has 3 atom stereocenters. The number of hydrogen-bond acceptors (Lipinski definition) is 2. The normalized spacial score (nSPS) is 48.8. The second kappa shape index (κ2) is 1.56. The van der Waals surface area contributed by atoms with Crippen LogP contribution in [0.1, 0.15) is 6.92 Å². The Hall–Kier alpha value is -0.940. The molecule has 2 aliphatic rings. The molecule has 0 saturated carbocycles. The fraction of sp³-hybridized carbons (Fsp3) is 0.500. The minimum absolute atomic E-state index is 0.110. The second-order valence-corrected chi connectivity index (χ2v) is 2.73. The van der Waals surface area contributed by atoms with E-state index in [0.29, 0.717) is 0 Å². The van der Waals surface area contributed by atoms with Gasteiger partial charge in [0.05, 0.1) is 12.2 Å². The van der Waals surface area contributed by atoms with Crippen molar-refractivity contribution in [2.24, 2.45) is 5.92 Å². The van der Waals surface area contributed by atoms with Gasteiger partial charge in [-0.15, -0.1) is 6.42 Å². The van der Waals surface area contributed by atoms with Gasteiger partial charge >= 0.3 is 0 Å². The average molecular weight is 136 g/mol. The maximum Gasteiger partial charge on any atom is 0.210 e. The van der Waals surface area contributed by atoms with Crippen LogP contribution in [0.15, 0.2) is 12.3 Å². The lowest BCUT2D eigenvalue weighted by atomic mass is 9.84. The Balaban J connectivity index is 2.21. The largest absolute Gasteiger partial charge is 0.472 e. The van der Waals surface area contributed by atoms with Gasteiger partial charge < -0.3 is 9.47 Å². The van der Waals surface area contributed by atoms with Gasteiger partial charge in [0.1, 0.15) is 5.60 Å². The number of hydrogen-bond donors (Lipinski definition) is 0. The summed E-state index contributed by atoms with van der Waals surface area (Å²) in [6.45, 7) is 1.90. The van der Waals surface area contributed by atoms with Crippen molar-refractivity contribution in [2.45, 2.75) is 18.8 Å². The predicted molar refractivity (Wildman–Crippen MR) is 35.8 cm³/mol. The van der Waals surface area contributed by atoms with Gasteiger partial charge in [0.25, 0.3) is 0 Å². The lowest BCUT2D eigenvalue weighted by Gasteiger charge is -2.44. The Morgan fingerprint density at radius 3 is 3.10 bits per heavy atom. The van der Waals surface area contributed by atoms with Crippen LogP contribution in [0.3, 0.4) is 0 Å². The van der Waals surface area contributed by atoms with E-state index in [4.69, 9.17) is 15.9 Å². The van der Waals surface area contributed by atoms with Crippen LogP contribution >= 0.6 is 0 Å². The molecule has 0 aromatic carbocycles. The van der Waals surface area contributed by atoms with Gasteiger partial charge in [-0.3, -0.25) is 0 Å². The zero-order chi connectivity index (χ0) is 7.19. The number of rotatable bonds is 0. The van der Waals surface area contributed by atoms with Crippen LogP contribution in [0.5, 0.6) is 0 Å². The third kappa shape index (κ3) is 0.488. The molecule has 0 bridgehead atoms. The number of fused-ring (bicyclic) bond motifs is 1. The van der Waals surface area contributed by atoms with Crippen molar-refractivity contribution < 1.29 is 9.47 Å². The monoisotopic (exact) mass is 136 g/mol. The van der Waals surface area contributed by atoms with E-state index in [-0.39, 0.29) is 12.2 Å². The predicted octanol–water partition coefficient (Wildman–Crippen LogP) is 0.895. The van der Waals surface area contributed by atoms with Crippen LogP contribution in [0, 0.1) is 18.3 Å². The third-order valence-corrected chi connectivity index (χ3v) is 2.08. The van der Waals surface area contributed by atoms with Crippen molar-refractivity contribution in [3.05, 3.63) is 12.3 Å².